The summed E-state index contributed by atoms with van der Waals surface area (Å²) in [6.07, 6.45) is -0.967. The number of hydrogen-bond acceptors (Lipinski definition) is 2. The number of nitrogens with two attached hydrogens (primary N) is 2. The van der Waals surface area contributed by atoms with Crippen LogP contribution in [0, 0.1) is 11.6 Å². The average Bonchev–Trinajstić information content (AvgIpc) is 2.54. The van der Waals surface area contributed by atoms with E-state index in [2.05, 4.69) is 4.99 Å². The largest absolute Gasteiger partial charge is 0.387 e. The summed E-state index contributed by atoms with van der Waals surface area (Å²) in [7, 11) is 0. The van der Waals surface area contributed by atoms with E-state index in [1.807, 2.05) is 0 Å². The van der Waals surface area contributed by atoms with Crippen molar-refractivity contribution in [1.82, 2.24) is 4.90 Å². The van der Waals surface area contributed by atoms with Crippen molar-refractivity contribution in [2.75, 3.05) is 6.54 Å². The number of halogens is 2. The summed E-state index contributed by atoms with van der Waals surface area (Å²) in [5.41, 5.74) is 12.2. The Labute approximate surface area is 142 Å². The van der Waals surface area contributed by atoms with Crippen LogP contribution >= 0.6 is 0 Å². The van der Waals surface area contributed by atoms with Crippen LogP contribution in [-0.2, 0) is 6.54 Å². The molecule has 1 aliphatic heterocycles. The SMILES string of the molecule is NC(N)=NC(=O)N1Cc2c(-c3ccc(F)cc3F)cccc2C(O)C1. The number of carbonyl (C=O) groups is 1. The fourth-order valence-corrected chi connectivity index (χ4v) is 2.94. The molecule has 0 bridgehead atoms. The van der Waals surface area contributed by atoms with E-state index in [1.165, 1.54) is 11.0 Å². The zero-order valence-corrected chi connectivity index (χ0v) is 13.1. The van der Waals surface area contributed by atoms with Crippen molar-refractivity contribution in [2.24, 2.45) is 16.5 Å². The number of hydrogen-bond donors (Lipinski definition) is 3. The fourth-order valence-electron chi connectivity index (χ4n) is 2.94. The fraction of sp³-hybridized carbons (Fsp3) is 0.176. The van der Waals surface area contributed by atoms with E-state index >= 15 is 0 Å². The van der Waals surface area contributed by atoms with Gasteiger partial charge in [-0.25, -0.2) is 13.6 Å². The van der Waals surface area contributed by atoms with Gasteiger partial charge >= 0.3 is 6.03 Å². The van der Waals surface area contributed by atoms with Crippen LogP contribution in [0.5, 0.6) is 0 Å². The summed E-state index contributed by atoms with van der Waals surface area (Å²) in [6, 6.07) is 7.59. The van der Waals surface area contributed by atoms with Crippen LogP contribution in [-0.4, -0.2) is 28.5 Å². The topological polar surface area (TPSA) is 105 Å². The molecule has 0 radical (unpaired) electrons. The number of carbonyl (C=O) groups excluding carboxylic acids is 1. The lowest BCUT2D eigenvalue weighted by Gasteiger charge is -2.32. The Morgan fingerprint density at radius 2 is 1.96 bits per heavy atom. The third-order valence-electron chi connectivity index (χ3n) is 4.03. The molecule has 6 nitrogen and oxygen atoms in total. The van der Waals surface area contributed by atoms with Gasteiger partial charge in [-0.15, -0.1) is 0 Å². The molecule has 0 aromatic heterocycles. The summed E-state index contributed by atoms with van der Waals surface area (Å²) < 4.78 is 27.4. The zero-order chi connectivity index (χ0) is 18.1. The number of fused-ring (bicyclic) bond motifs is 1. The van der Waals surface area contributed by atoms with Crippen molar-refractivity contribution in [3.8, 4) is 11.1 Å². The first-order chi connectivity index (χ1) is 11.9. The summed E-state index contributed by atoms with van der Waals surface area (Å²) in [5, 5.41) is 10.3. The van der Waals surface area contributed by atoms with Gasteiger partial charge in [-0.2, -0.15) is 4.99 Å². The Bertz CT molecular complexity index is 866. The molecule has 0 spiro atoms. The van der Waals surface area contributed by atoms with E-state index in [-0.39, 0.29) is 24.6 Å². The number of β-amino-alcohol motifs (C(OH)–C–C–N with tert-alkyl or cyclic N) is 1. The number of nitrogens with zero attached hydrogens (tertiary/aromatic N) is 2. The van der Waals surface area contributed by atoms with Crippen LogP contribution in [0.15, 0.2) is 41.4 Å². The molecule has 8 heteroatoms. The highest BCUT2D eigenvalue weighted by molar-refractivity contribution is 5.90. The molecular weight excluding hydrogens is 330 g/mol. The first-order valence-corrected chi connectivity index (χ1v) is 7.50. The standard InChI is InChI=1S/C17H16F2N4O2/c18-9-4-5-11(14(19)6-9)10-2-1-3-12-13(10)7-23(8-15(12)24)17(25)22-16(20)21/h1-6,15,24H,7-8H2,(H4,20,21,22,25). The second-order valence-corrected chi connectivity index (χ2v) is 5.71. The van der Waals surface area contributed by atoms with Crippen molar-refractivity contribution in [2.45, 2.75) is 12.6 Å². The Balaban J connectivity index is 2.07. The van der Waals surface area contributed by atoms with Crippen molar-refractivity contribution >= 4 is 12.0 Å². The number of amides is 2. The Hall–Kier alpha value is -3.00. The summed E-state index contributed by atoms with van der Waals surface area (Å²) in [6.45, 7) is 0.104. The molecule has 2 aromatic rings. The number of aliphatic imine (C=N–C) groups is 1. The van der Waals surface area contributed by atoms with Crippen molar-refractivity contribution in [3.05, 3.63) is 59.2 Å². The molecule has 5 N–H and O–H groups in total. The van der Waals surface area contributed by atoms with E-state index in [9.17, 15) is 18.7 Å². The predicted molar refractivity (Wildman–Crippen MR) is 88.4 cm³/mol. The first-order valence-electron chi connectivity index (χ1n) is 7.50. The minimum absolute atomic E-state index is 0.0119. The van der Waals surface area contributed by atoms with Gasteiger partial charge in [-0.05, 0) is 28.8 Å². The molecule has 0 saturated carbocycles. The molecule has 1 atom stereocenters. The Morgan fingerprint density at radius 3 is 2.64 bits per heavy atom. The van der Waals surface area contributed by atoms with Crippen LogP contribution in [0.1, 0.15) is 17.2 Å². The quantitative estimate of drug-likeness (QED) is 0.541. The van der Waals surface area contributed by atoms with Crippen LogP contribution < -0.4 is 11.5 Å². The number of benzene rings is 2. The molecule has 25 heavy (non-hydrogen) atoms. The van der Waals surface area contributed by atoms with Gasteiger partial charge in [0.05, 0.1) is 12.6 Å². The van der Waals surface area contributed by atoms with Gasteiger partial charge in [0.2, 0.25) is 0 Å². The Kier molecular flexibility index (Phi) is 4.37. The molecule has 0 fully saturated rings. The molecule has 3 rings (SSSR count). The molecule has 0 saturated heterocycles. The van der Waals surface area contributed by atoms with E-state index in [1.54, 1.807) is 18.2 Å². The van der Waals surface area contributed by atoms with Crippen molar-refractivity contribution < 1.29 is 18.7 Å². The van der Waals surface area contributed by atoms with Gasteiger partial charge in [-0.1, -0.05) is 18.2 Å². The van der Waals surface area contributed by atoms with Gasteiger partial charge in [0, 0.05) is 18.2 Å². The van der Waals surface area contributed by atoms with Crippen LogP contribution in [0.4, 0.5) is 13.6 Å². The maximum absolute atomic E-state index is 14.2. The third kappa shape index (κ3) is 3.29. The normalized spacial score (nSPS) is 16.3. The van der Waals surface area contributed by atoms with E-state index in [4.69, 9.17) is 11.5 Å². The lowest BCUT2D eigenvalue weighted by molar-refractivity contribution is 0.108. The maximum Gasteiger partial charge on any atom is 0.347 e. The molecular formula is C17H16F2N4O2. The van der Waals surface area contributed by atoms with Crippen LogP contribution in [0.25, 0.3) is 11.1 Å². The van der Waals surface area contributed by atoms with Gasteiger partial charge in [-0.3, -0.25) is 0 Å². The monoisotopic (exact) mass is 346 g/mol. The number of aliphatic hydroxyl groups excluding tert-OH is 1. The molecule has 130 valence electrons. The number of urea groups is 1. The van der Waals surface area contributed by atoms with Crippen LogP contribution in [0.2, 0.25) is 0 Å². The molecule has 0 aliphatic carbocycles. The van der Waals surface area contributed by atoms with E-state index < -0.39 is 23.8 Å². The molecule has 1 heterocycles. The van der Waals surface area contributed by atoms with Crippen molar-refractivity contribution in [3.63, 3.8) is 0 Å². The third-order valence-corrected chi connectivity index (χ3v) is 4.03. The van der Waals surface area contributed by atoms with Gasteiger partial charge in [0.25, 0.3) is 0 Å². The minimum Gasteiger partial charge on any atom is -0.387 e. The average molecular weight is 346 g/mol. The van der Waals surface area contributed by atoms with Gasteiger partial charge in [0.15, 0.2) is 5.96 Å². The minimum atomic E-state index is -0.967. The highest BCUT2D eigenvalue weighted by Crippen LogP contribution is 2.35. The highest BCUT2D eigenvalue weighted by atomic mass is 19.1. The highest BCUT2D eigenvalue weighted by Gasteiger charge is 2.29. The maximum atomic E-state index is 14.2. The first kappa shape index (κ1) is 16.8. The van der Waals surface area contributed by atoms with Crippen LogP contribution in [0.3, 0.4) is 0 Å². The zero-order valence-electron chi connectivity index (χ0n) is 13.1. The second-order valence-electron chi connectivity index (χ2n) is 5.71. The van der Waals surface area contributed by atoms with Crippen molar-refractivity contribution in [1.29, 1.82) is 0 Å². The number of aliphatic hydroxyl groups is 1. The number of guanidine groups is 1. The smallest absolute Gasteiger partial charge is 0.347 e. The molecule has 2 amide bonds. The summed E-state index contributed by atoms with van der Waals surface area (Å²) >= 11 is 0. The van der Waals surface area contributed by atoms with Gasteiger partial charge < -0.3 is 21.5 Å². The predicted octanol–water partition coefficient (Wildman–Crippen LogP) is 1.87. The summed E-state index contributed by atoms with van der Waals surface area (Å²) in [4.78, 5) is 16.8. The van der Waals surface area contributed by atoms with Gasteiger partial charge in [0.1, 0.15) is 11.6 Å². The Morgan fingerprint density at radius 1 is 1.20 bits per heavy atom. The lowest BCUT2D eigenvalue weighted by atomic mass is 9.89. The van der Waals surface area contributed by atoms with E-state index in [0.717, 1.165) is 12.1 Å². The second kappa shape index (κ2) is 6.48. The number of rotatable bonds is 1. The lowest BCUT2D eigenvalue weighted by Crippen LogP contribution is -2.38. The molecule has 2 aromatic carbocycles. The summed E-state index contributed by atoms with van der Waals surface area (Å²) in [5.74, 6) is -1.80. The molecule has 1 aliphatic rings. The molecule has 1 unspecified atom stereocenters. The van der Waals surface area contributed by atoms with E-state index in [0.29, 0.717) is 16.7 Å².